The highest BCUT2D eigenvalue weighted by Crippen LogP contribution is 2.04. The highest BCUT2D eigenvalue weighted by molar-refractivity contribution is 8.15. The second-order valence-corrected chi connectivity index (χ2v) is 5.46. The summed E-state index contributed by atoms with van der Waals surface area (Å²) in [6.07, 6.45) is 0. The zero-order valence-corrected chi connectivity index (χ0v) is 7.33. The minimum Gasteiger partial charge on any atom is -0.198 e. The van der Waals surface area contributed by atoms with Crippen LogP contribution in [0.1, 0.15) is 6.92 Å². The number of hydrogen-bond acceptors (Lipinski definition) is 5. The summed E-state index contributed by atoms with van der Waals surface area (Å²) in [5.74, 6) is -0.432. The van der Waals surface area contributed by atoms with Crippen molar-refractivity contribution in [2.75, 3.05) is 5.75 Å². The van der Waals surface area contributed by atoms with Gasteiger partial charge in [-0.3, -0.25) is 0 Å². The molecule has 0 spiro atoms. The van der Waals surface area contributed by atoms with E-state index in [1.807, 2.05) is 0 Å². The average Bonchev–Trinajstić information content (AvgIpc) is 1.60. The van der Waals surface area contributed by atoms with E-state index in [-0.39, 0.29) is 0 Å². The van der Waals surface area contributed by atoms with Crippen LogP contribution in [-0.4, -0.2) is 22.6 Å². The van der Waals surface area contributed by atoms with Gasteiger partial charge in [0.1, 0.15) is 0 Å². The minimum absolute atomic E-state index is 0.432. The molecule has 0 atom stereocenters. The Morgan fingerprint density at radius 1 is 1.30 bits per heavy atom. The van der Waals surface area contributed by atoms with Crippen molar-refractivity contribution in [1.29, 1.82) is 0 Å². The molecule has 0 aliphatic rings. The molecule has 0 aliphatic heterocycles. The van der Waals surface area contributed by atoms with E-state index in [0.717, 1.165) is 0 Å². The Balaban J connectivity index is 4.49. The predicted octanol–water partition coefficient (Wildman–Crippen LogP) is -0.164. The zero-order chi connectivity index (χ0) is 8.41. The lowest BCUT2D eigenvalue weighted by Crippen LogP contribution is -2.10. The Morgan fingerprint density at radius 2 is 1.70 bits per heavy atom. The fourth-order valence-electron chi connectivity index (χ4n) is 0.172. The second kappa shape index (κ2) is 3.04. The largest absolute Gasteiger partial charge is 0.370 e. The van der Waals surface area contributed by atoms with Crippen LogP contribution in [0.25, 0.3) is 0 Å². The molecule has 0 heterocycles. The van der Waals surface area contributed by atoms with Gasteiger partial charge in [-0.2, -0.15) is 16.8 Å². The molecule has 0 N–H and O–H groups in total. The first-order valence-electron chi connectivity index (χ1n) is 2.15. The molecule has 62 valence electrons. The van der Waals surface area contributed by atoms with Gasteiger partial charge in [0, 0.05) is 0 Å². The summed E-state index contributed by atoms with van der Waals surface area (Å²) < 4.78 is 44.1. The Morgan fingerprint density at radius 3 is 1.80 bits per heavy atom. The van der Waals surface area contributed by atoms with Gasteiger partial charge in [0.15, 0.2) is 0 Å². The summed E-state index contributed by atoms with van der Waals surface area (Å²) in [6.45, 7) is 1.23. The standard InChI is InChI=1S/C2H5ClO5S2/c1-2-9(4,5)8-10(3,6)7/h2H2,1H3. The van der Waals surface area contributed by atoms with E-state index < -0.39 is 25.2 Å². The fraction of sp³-hybridized carbons (Fsp3) is 1.00. The van der Waals surface area contributed by atoms with Gasteiger partial charge in [0.25, 0.3) is 10.1 Å². The molecule has 0 radical (unpaired) electrons. The molecule has 8 heteroatoms. The third-order valence-electron chi connectivity index (χ3n) is 0.538. The first-order chi connectivity index (χ1) is 4.27. The van der Waals surface area contributed by atoms with E-state index in [0.29, 0.717) is 0 Å². The van der Waals surface area contributed by atoms with Crippen LogP contribution in [0.5, 0.6) is 0 Å². The van der Waals surface area contributed by atoms with E-state index in [1.165, 1.54) is 6.92 Å². The molecule has 0 rings (SSSR count). The number of halogens is 1. The summed E-state index contributed by atoms with van der Waals surface area (Å²) in [4.78, 5) is 0. The SMILES string of the molecule is CCS(=O)(=O)OS(=O)(=O)Cl. The van der Waals surface area contributed by atoms with E-state index >= 15 is 0 Å². The van der Waals surface area contributed by atoms with Crippen LogP contribution in [0.15, 0.2) is 0 Å². The molecular formula is C2H5ClO5S2. The maximum atomic E-state index is 10.3. The second-order valence-electron chi connectivity index (χ2n) is 1.31. The molecule has 5 nitrogen and oxygen atoms in total. The van der Waals surface area contributed by atoms with Crippen LogP contribution in [0.2, 0.25) is 0 Å². The van der Waals surface area contributed by atoms with E-state index in [2.05, 4.69) is 14.3 Å². The van der Waals surface area contributed by atoms with Crippen LogP contribution < -0.4 is 0 Å². The lowest BCUT2D eigenvalue weighted by molar-refractivity contribution is 0.474. The Hall–Kier alpha value is 0.150. The van der Waals surface area contributed by atoms with Crippen LogP contribution in [0.4, 0.5) is 0 Å². The van der Waals surface area contributed by atoms with Crippen LogP contribution in [-0.2, 0) is 23.1 Å². The summed E-state index contributed by atoms with van der Waals surface area (Å²) in [6, 6.07) is 0. The van der Waals surface area contributed by atoms with Gasteiger partial charge in [-0.05, 0) is 6.92 Å². The van der Waals surface area contributed by atoms with E-state index in [4.69, 9.17) is 0 Å². The summed E-state index contributed by atoms with van der Waals surface area (Å²) in [5.41, 5.74) is 0. The monoisotopic (exact) mass is 208 g/mol. The minimum atomic E-state index is -4.41. The number of rotatable bonds is 3. The van der Waals surface area contributed by atoms with Gasteiger partial charge in [-0.15, -0.1) is 3.63 Å². The first-order valence-corrected chi connectivity index (χ1v) is 5.96. The van der Waals surface area contributed by atoms with Crippen molar-refractivity contribution in [3.8, 4) is 0 Å². The summed E-state index contributed by atoms with van der Waals surface area (Å²) in [5, 5.41) is 0. The molecule has 0 aromatic rings. The first kappa shape index (κ1) is 10.2. The van der Waals surface area contributed by atoms with Gasteiger partial charge in [0.05, 0.1) is 16.4 Å². The molecule has 0 unspecified atom stereocenters. The highest BCUT2D eigenvalue weighted by Gasteiger charge is 2.17. The van der Waals surface area contributed by atoms with Crippen molar-refractivity contribution in [3.63, 3.8) is 0 Å². The Bertz CT molecular complexity index is 286. The van der Waals surface area contributed by atoms with Crippen molar-refractivity contribution in [1.82, 2.24) is 0 Å². The van der Waals surface area contributed by atoms with Crippen molar-refractivity contribution in [3.05, 3.63) is 0 Å². The molecule has 0 amide bonds. The maximum absolute atomic E-state index is 10.3. The van der Waals surface area contributed by atoms with Gasteiger partial charge in [0.2, 0.25) is 0 Å². The third kappa shape index (κ3) is 4.98. The zero-order valence-electron chi connectivity index (χ0n) is 4.94. The highest BCUT2D eigenvalue weighted by atomic mass is 35.7. The van der Waals surface area contributed by atoms with Crippen molar-refractivity contribution >= 4 is 30.1 Å². The van der Waals surface area contributed by atoms with Gasteiger partial charge in [-0.25, -0.2) is 0 Å². The molecule has 0 bridgehead atoms. The Labute approximate surface area is 63.7 Å². The average molecular weight is 209 g/mol. The Kier molecular flexibility index (Phi) is 3.08. The van der Waals surface area contributed by atoms with Crippen molar-refractivity contribution in [2.24, 2.45) is 0 Å². The fourth-order valence-corrected chi connectivity index (χ4v) is 2.25. The third-order valence-corrected chi connectivity index (χ3v) is 3.19. The molecule has 0 aromatic carbocycles. The van der Waals surface area contributed by atoms with Crippen molar-refractivity contribution in [2.45, 2.75) is 6.92 Å². The molecule has 0 aliphatic carbocycles. The predicted molar refractivity (Wildman–Crippen MR) is 35.3 cm³/mol. The quantitative estimate of drug-likeness (QED) is 0.602. The lowest BCUT2D eigenvalue weighted by atomic mass is 11.0. The van der Waals surface area contributed by atoms with E-state index in [9.17, 15) is 16.8 Å². The maximum Gasteiger partial charge on any atom is 0.370 e. The molecule has 10 heavy (non-hydrogen) atoms. The molecule has 0 aromatic heterocycles. The van der Waals surface area contributed by atoms with Gasteiger partial charge < -0.3 is 0 Å². The normalized spacial score (nSPS) is 13.4. The lowest BCUT2D eigenvalue weighted by Gasteiger charge is -1.94. The smallest absolute Gasteiger partial charge is 0.198 e. The molecular weight excluding hydrogens is 204 g/mol. The summed E-state index contributed by atoms with van der Waals surface area (Å²) >= 11 is 0. The topological polar surface area (TPSA) is 77.5 Å². The van der Waals surface area contributed by atoms with Gasteiger partial charge in [-0.1, -0.05) is 0 Å². The van der Waals surface area contributed by atoms with Crippen molar-refractivity contribution < 1.29 is 20.5 Å². The molecule has 0 saturated heterocycles. The van der Waals surface area contributed by atoms with Crippen LogP contribution >= 0.6 is 10.7 Å². The van der Waals surface area contributed by atoms with Crippen LogP contribution in [0.3, 0.4) is 0 Å². The molecule has 0 saturated carbocycles. The van der Waals surface area contributed by atoms with Crippen LogP contribution in [0, 0.1) is 0 Å². The molecule has 0 fully saturated rings. The summed E-state index contributed by atoms with van der Waals surface area (Å²) in [7, 11) is -3.94. The van der Waals surface area contributed by atoms with E-state index in [1.54, 1.807) is 0 Å². The van der Waals surface area contributed by atoms with Gasteiger partial charge >= 0.3 is 9.33 Å². The number of hydrogen-bond donors (Lipinski definition) is 0.